The van der Waals surface area contributed by atoms with Crippen LogP contribution < -0.4 is 31.3 Å². The Morgan fingerprint density at radius 2 is 2.03 bits per heavy atom. The highest BCUT2D eigenvalue weighted by Crippen LogP contribution is 2.51. The molecule has 6 rings (SSSR count). The van der Waals surface area contributed by atoms with Crippen LogP contribution in [-0.2, 0) is 4.79 Å². The lowest BCUT2D eigenvalue weighted by Gasteiger charge is -2.35. The van der Waals surface area contributed by atoms with Gasteiger partial charge in [-0.3, -0.25) is 14.5 Å². The van der Waals surface area contributed by atoms with Crippen LogP contribution in [0.3, 0.4) is 0 Å². The molecule has 10 nitrogen and oxygen atoms in total. The first-order valence-electron chi connectivity index (χ1n) is 12.9. The van der Waals surface area contributed by atoms with Crippen LogP contribution in [0.15, 0.2) is 59.8 Å². The quantitative estimate of drug-likeness (QED) is 0.372. The maximum atomic E-state index is 13.5. The van der Waals surface area contributed by atoms with Gasteiger partial charge in [0.15, 0.2) is 0 Å². The van der Waals surface area contributed by atoms with Crippen molar-refractivity contribution in [2.24, 2.45) is 5.73 Å². The number of carbonyl (C=O) groups excluding carboxylic acids is 3. The van der Waals surface area contributed by atoms with Crippen molar-refractivity contribution in [3.05, 3.63) is 71.4 Å². The van der Waals surface area contributed by atoms with Crippen molar-refractivity contribution in [3.8, 4) is 11.5 Å². The number of nitrogens with zero attached hydrogens (tertiary/aromatic N) is 2. The van der Waals surface area contributed by atoms with E-state index in [1.165, 1.54) is 11.8 Å². The van der Waals surface area contributed by atoms with E-state index in [4.69, 9.17) is 10.5 Å². The maximum absolute atomic E-state index is 13.5. The Morgan fingerprint density at radius 1 is 1.18 bits per heavy atom. The molecule has 200 valence electrons. The van der Waals surface area contributed by atoms with E-state index in [1.807, 2.05) is 13.0 Å². The van der Waals surface area contributed by atoms with Gasteiger partial charge in [-0.25, -0.2) is 9.78 Å². The summed E-state index contributed by atoms with van der Waals surface area (Å²) >= 11 is 1.39. The predicted octanol–water partition coefficient (Wildman–Crippen LogP) is 3.53. The highest BCUT2D eigenvalue weighted by molar-refractivity contribution is 8.01. The molecule has 4 amide bonds. The van der Waals surface area contributed by atoms with Crippen LogP contribution in [0.25, 0.3) is 0 Å². The molecule has 0 saturated carbocycles. The number of amides is 4. The molecule has 39 heavy (non-hydrogen) atoms. The third-order valence-corrected chi connectivity index (χ3v) is 8.49. The molecule has 3 aromatic rings. The van der Waals surface area contributed by atoms with E-state index >= 15 is 0 Å². The molecule has 1 aromatic heterocycles. The largest absolute Gasteiger partial charge is 0.457 e. The second-order valence-corrected chi connectivity index (χ2v) is 10.9. The number of nitrogens with two attached hydrogens (primary N) is 1. The summed E-state index contributed by atoms with van der Waals surface area (Å²) in [5, 5.41) is 9.77. The lowest BCUT2D eigenvalue weighted by atomic mass is 9.99. The minimum Gasteiger partial charge on any atom is -0.457 e. The molecular weight excluding hydrogens is 516 g/mol. The molecule has 1 saturated heterocycles. The number of hydrogen-bond acceptors (Lipinski definition) is 7. The lowest BCUT2D eigenvalue weighted by molar-refractivity contribution is -0.121. The van der Waals surface area contributed by atoms with Crippen molar-refractivity contribution in [2.45, 2.75) is 42.1 Å². The first-order chi connectivity index (χ1) is 18.9. The monoisotopic (exact) mass is 544 g/mol. The zero-order valence-corrected chi connectivity index (χ0v) is 22.1. The first-order valence-corrected chi connectivity index (χ1v) is 13.7. The Morgan fingerprint density at radius 3 is 2.79 bits per heavy atom. The number of hydrogen-bond donors (Lipinski definition) is 4. The Bertz CT molecular complexity index is 1470. The molecule has 11 heteroatoms. The van der Waals surface area contributed by atoms with E-state index in [0.717, 1.165) is 42.1 Å². The van der Waals surface area contributed by atoms with Crippen LogP contribution in [0.5, 0.6) is 11.5 Å². The van der Waals surface area contributed by atoms with Gasteiger partial charge in [-0.1, -0.05) is 23.9 Å². The van der Waals surface area contributed by atoms with Crippen LogP contribution >= 0.6 is 11.8 Å². The molecule has 5 N–H and O–H groups in total. The van der Waals surface area contributed by atoms with E-state index in [1.54, 1.807) is 53.6 Å². The summed E-state index contributed by atoms with van der Waals surface area (Å²) in [6.45, 7) is 3.59. The highest BCUT2D eigenvalue weighted by atomic mass is 32.2. The van der Waals surface area contributed by atoms with Gasteiger partial charge in [-0.15, -0.1) is 0 Å². The standard InChI is InChI=1S/C28H28N6O4S/c1-15-13-17(38-21-7-3-2-6-18(21)25(29)35)8-9-19(15)34-20-10-12-31-27-22(20)23(33-28(34)37)24(39-27)26(36)32-16-5-4-11-30-14-16/h2-3,6-10,12-13,16,23-24,30H,4-5,11,14H2,1H3,(H2,29,35)(H,32,36)(H,33,37)/t16?,23?,24-/m1/s1. The highest BCUT2D eigenvalue weighted by Gasteiger charge is 2.47. The minimum absolute atomic E-state index is 0.0807. The summed E-state index contributed by atoms with van der Waals surface area (Å²) in [4.78, 5) is 44.7. The number of pyridine rings is 1. The number of rotatable bonds is 6. The average molecular weight is 545 g/mol. The second kappa shape index (κ2) is 10.2. The fourth-order valence-corrected chi connectivity index (χ4v) is 6.59. The number of para-hydroxylation sites is 1. The van der Waals surface area contributed by atoms with E-state index in [0.29, 0.717) is 22.9 Å². The Labute approximate surface area is 229 Å². The number of carbonyl (C=O) groups is 3. The van der Waals surface area contributed by atoms with Crippen LogP contribution in [0.4, 0.5) is 16.2 Å². The third-order valence-electron chi connectivity index (χ3n) is 7.20. The van der Waals surface area contributed by atoms with Crippen LogP contribution in [0, 0.1) is 6.92 Å². The van der Waals surface area contributed by atoms with E-state index in [2.05, 4.69) is 20.9 Å². The number of benzene rings is 2. The number of ether oxygens (including phenoxy) is 1. The molecule has 0 bridgehead atoms. The van der Waals surface area contributed by atoms with Gasteiger partial charge in [0, 0.05) is 24.3 Å². The van der Waals surface area contributed by atoms with Crippen molar-refractivity contribution >= 4 is 41.0 Å². The smallest absolute Gasteiger partial charge is 0.327 e. The van der Waals surface area contributed by atoms with E-state index in [-0.39, 0.29) is 23.5 Å². The lowest BCUT2D eigenvalue weighted by Crippen LogP contribution is -2.52. The predicted molar refractivity (Wildman–Crippen MR) is 148 cm³/mol. The molecule has 3 aliphatic heterocycles. The third kappa shape index (κ3) is 4.68. The SMILES string of the molecule is Cc1cc(Oc2ccccc2C(N)=O)ccc1N1C(=O)NC2c3c1ccnc3S[C@H]2C(=O)NC1CCCNC1. The number of primary amides is 1. The van der Waals surface area contributed by atoms with Gasteiger partial charge in [-0.05, 0) is 68.3 Å². The van der Waals surface area contributed by atoms with Gasteiger partial charge >= 0.3 is 6.03 Å². The molecule has 0 spiro atoms. The summed E-state index contributed by atoms with van der Waals surface area (Å²) < 4.78 is 5.96. The number of nitrogens with one attached hydrogen (secondary N) is 3. The minimum atomic E-state index is -0.578. The number of urea groups is 1. The summed E-state index contributed by atoms with van der Waals surface area (Å²) in [5.74, 6) is 0.188. The Kier molecular flexibility index (Phi) is 6.61. The molecule has 3 aliphatic rings. The molecule has 2 aromatic carbocycles. The van der Waals surface area contributed by atoms with Crippen molar-refractivity contribution in [2.75, 3.05) is 18.0 Å². The molecule has 2 unspecified atom stereocenters. The molecule has 0 aliphatic carbocycles. The number of anilines is 2. The Balaban J connectivity index is 1.27. The van der Waals surface area contributed by atoms with E-state index in [9.17, 15) is 14.4 Å². The van der Waals surface area contributed by atoms with Gasteiger partial charge < -0.3 is 26.4 Å². The fourth-order valence-electron chi connectivity index (χ4n) is 5.35. The summed E-state index contributed by atoms with van der Waals surface area (Å²) in [6, 6.07) is 13.2. The van der Waals surface area contributed by atoms with Gasteiger partial charge in [0.2, 0.25) is 5.91 Å². The first kappa shape index (κ1) is 25.2. The zero-order chi connectivity index (χ0) is 27.1. The average Bonchev–Trinajstić information content (AvgIpc) is 3.30. The number of thioether (sulfide) groups is 1. The van der Waals surface area contributed by atoms with Crippen LogP contribution in [0.1, 0.15) is 40.4 Å². The maximum Gasteiger partial charge on any atom is 0.327 e. The number of piperidine rings is 1. The summed E-state index contributed by atoms with van der Waals surface area (Å²) in [7, 11) is 0. The van der Waals surface area contributed by atoms with Gasteiger partial charge in [0.05, 0.1) is 23.0 Å². The van der Waals surface area contributed by atoms with Crippen molar-refractivity contribution in [1.82, 2.24) is 20.9 Å². The van der Waals surface area contributed by atoms with Crippen molar-refractivity contribution in [1.29, 1.82) is 0 Å². The number of aryl methyl sites for hydroxylation is 1. The van der Waals surface area contributed by atoms with Gasteiger partial charge in [0.25, 0.3) is 5.91 Å². The molecular formula is C28H28N6O4S. The van der Waals surface area contributed by atoms with Crippen LogP contribution in [0.2, 0.25) is 0 Å². The zero-order valence-electron chi connectivity index (χ0n) is 21.3. The van der Waals surface area contributed by atoms with Gasteiger partial charge in [-0.2, -0.15) is 0 Å². The van der Waals surface area contributed by atoms with Crippen molar-refractivity contribution < 1.29 is 19.1 Å². The molecule has 0 radical (unpaired) electrons. The van der Waals surface area contributed by atoms with Crippen molar-refractivity contribution in [3.63, 3.8) is 0 Å². The topological polar surface area (TPSA) is 139 Å². The van der Waals surface area contributed by atoms with Crippen LogP contribution in [-0.4, -0.2) is 47.2 Å². The Hall–Kier alpha value is -4.09. The fraction of sp³-hybridized carbons (Fsp3) is 0.286. The molecule has 1 fully saturated rings. The van der Waals surface area contributed by atoms with E-state index < -0.39 is 17.2 Å². The molecule has 3 atom stereocenters. The van der Waals surface area contributed by atoms with Gasteiger partial charge in [0.1, 0.15) is 21.8 Å². The second-order valence-electron chi connectivity index (χ2n) is 9.81. The summed E-state index contributed by atoms with van der Waals surface area (Å²) in [5.41, 5.74) is 8.76. The summed E-state index contributed by atoms with van der Waals surface area (Å²) in [6.07, 6.45) is 3.62. The normalized spacial score (nSPS) is 21.6. The molecule has 4 heterocycles. The number of aromatic nitrogens is 1.